The normalized spacial score (nSPS) is 29.7. The molecule has 1 saturated heterocycles. The molecule has 146 valence electrons. The summed E-state index contributed by atoms with van der Waals surface area (Å²) in [5.74, 6) is 0.327. The molecule has 2 fully saturated rings. The lowest BCUT2D eigenvalue weighted by Gasteiger charge is -2.39. The summed E-state index contributed by atoms with van der Waals surface area (Å²) in [6, 6.07) is 2.63. The van der Waals surface area contributed by atoms with Crippen molar-refractivity contribution in [1.29, 1.82) is 0 Å². The smallest absolute Gasteiger partial charge is 0.223 e. The van der Waals surface area contributed by atoms with Crippen LogP contribution in [-0.4, -0.2) is 39.7 Å². The molecule has 3 aliphatic rings. The molecule has 6 heteroatoms. The Kier molecular flexibility index (Phi) is 5.42. The van der Waals surface area contributed by atoms with E-state index in [0.29, 0.717) is 29.2 Å². The first kappa shape index (κ1) is 19.7. The van der Waals surface area contributed by atoms with E-state index in [0.717, 1.165) is 51.1 Å². The van der Waals surface area contributed by atoms with Crippen LogP contribution in [0.25, 0.3) is 0 Å². The second-order valence-electron chi connectivity index (χ2n) is 9.62. The molecule has 1 N–H and O–H groups in total. The number of aromatic nitrogens is 2. The third kappa shape index (κ3) is 3.94. The highest BCUT2D eigenvalue weighted by Crippen LogP contribution is 2.52. The third-order valence-corrected chi connectivity index (χ3v) is 6.27. The fourth-order valence-corrected chi connectivity index (χ4v) is 5.67. The molecule has 26 heavy (non-hydrogen) atoms. The molecule has 4 rings (SSSR count). The van der Waals surface area contributed by atoms with Crippen LogP contribution < -0.4 is 5.32 Å². The average Bonchev–Trinajstić information content (AvgIpc) is 2.93. The van der Waals surface area contributed by atoms with Crippen molar-refractivity contribution >= 4 is 18.3 Å². The Morgan fingerprint density at radius 3 is 2.96 bits per heavy atom. The zero-order valence-corrected chi connectivity index (χ0v) is 17.2. The first-order valence-electron chi connectivity index (χ1n) is 9.89. The van der Waals surface area contributed by atoms with E-state index in [4.69, 9.17) is 5.10 Å². The van der Waals surface area contributed by atoms with Gasteiger partial charge < -0.3 is 10.2 Å². The first-order valence-corrected chi connectivity index (χ1v) is 9.89. The van der Waals surface area contributed by atoms with Crippen LogP contribution in [0.2, 0.25) is 0 Å². The van der Waals surface area contributed by atoms with Gasteiger partial charge in [0.05, 0.1) is 11.4 Å². The van der Waals surface area contributed by atoms with Gasteiger partial charge >= 0.3 is 0 Å². The monoisotopic (exact) mass is 380 g/mol. The van der Waals surface area contributed by atoms with Crippen molar-refractivity contribution in [3.05, 3.63) is 17.5 Å². The lowest BCUT2D eigenvalue weighted by molar-refractivity contribution is -0.132. The molecule has 0 aromatic carbocycles. The number of hydrogen-bond donors (Lipinski definition) is 1. The van der Waals surface area contributed by atoms with Gasteiger partial charge in [-0.1, -0.05) is 20.8 Å². The number of carbonyl (C=O) groups is 1. The van der Waals surface area contributed by atoms with Crippen LogP contribution in [0.5, 0.6) is 0 Å². The molecule has 0 spiro atoms. The highest BCUT2D eigenvalue weighted by atomic mass is 35.5. The van der Waals surface area contributed by atoms with E-state index in [9.17, 15) is 4.79 Å². The number of amides is 1. The highest BCUT2D eigenvalue weighted by molar-refractivity contribution is 5.85. The van der Waals surface area contributed by atoms with E-state index >= 15 is 0 Å². The zero-order valence-electron chi connectivity index (χ0n) is 16.4. The van der Waals surface area contributed by atoms with Crippen LogP contribution in [0.4, 0.5) is 0 Å². The zero-order chi connectivity index (χ0) is 17.7. The van der Waals surface area contributed by atoms with Gasteiger partial charge in [-0.15, -0.1) is 12.4 Å². The van der Waals surface area contributed by atoms with Gasteiger partial charge in [-0.2, -0.15) is 5.10 Å². The molecular weight excluding hydrogens is 348 g/mol. The van der Waals surface area contributed by atoms with Crippen LogP contribution in [0.1, 0.15) is 64.3 Å². The van der Waals surface area contributed by atoms with Crippen molar-refractivity contribution in [3.63, 3.8) is 0 Å². The quantitative estimate of drug-likeness (QED) is 0.876. The Labute approximate surface area is 163 Å². The average molecular weight is 381 g/mol. The maximum absolute atomic E-state index is 12.9. The van der Waals surface area contributed by atoms with Crippen LogP contribution in [0.3, 0.4) is 0 Å². The van der Waals surface area contributed by atoms with Crippen molar-refractivity contribution in [2.45, 2.75) is 78.4 Å². The number of halogens is 1. The molecule has 1 aromatic rings. The van der Waals surface area contributed by atoms with Gasteiger partial charge in [0.25, 0.3) is 0 Å². The van der Waals surface area contributed by atoms with E-state index in [1.165, 1.54) is 18.5 Å². The molecule has 0 unspecified atom stereocenters. The number of rotatable bonds is 3. The molecular formula is C20H33ClN4O. The summed E-state index contributed by atoms with van der Waals surface area (Å²) in [7, 11) is 0. The first-order chi connectivity index (χ1) is 11.8. The maximum Gasteiger partial charge on any atom is 0.223 e. The van der Waals surface area contributed by atoms with Crippen LogP contribution in [0, 0.1) is 10.8 Å². The van der Waals surface area contributed by atoms with Crippen LogP contribution in [-0.2, 0) is 24.3 Å². The number of likely N-dealkylation sites (tertiary alicyclic amines) is 1. The van der Waals surface area contributed by atoms with E-state index < -0.39 is 0 Å². The number of fused-ring (bicyclic) bond motifs is 3. The number of nitrogens with one attached hydrogen (secondary N) is 1. The minimum Gasteiger partial charge on any atom is -0.339 e. The largest absolute Gasteiger partial charge is 0.339 e. The molecule has 2 atom stereocenters. The maximum atomic E-state index is 12.9. The second kappa shape index (κ2) is 7.16. The summed E-state index contributed by atoms with van der Waals surface area (Å²) in [6.07, 6.45) is 6.06. The van der Waals surface area contributed by atoms with Gasteiger partial charge in [0, 0.05) is 38.5 Å². The molecule has 1 saturated carbocycles. The molecule has 2 bridgehead atoms. The van der Waals surface area contributed by atoms with Gasteiger partial charge in [0.2, 0.25) is 5.91 Å². The minimum absolute atomic E-state index is 0. The Morgan fingerprint density at radius 1 is 1.35 bits per heavy atom. The SMILES string of the molecule is CC1(C)C[C@@H]2C[C@@](C)(CN2C(=O)CCc2cc3n(n2)CCCNC3)C1.Cl. The topological polar surface area (TPSA) is 50.2 Å². The molecule has 1 aliphatic carbocycles. The molecule has 1 amide bonds. The molecule has 0 radical (unpaired) electrons. The Balaban J connectivity index is 0.00000196. The van der Waals surface area contributed by atoms with Gasteiger partial charge in [-0.25, -0.2) is 0 Å². The standard InChI is InChI=1S/C20H32N4O.ClH/c1-19(2)10-17-11-20(3,13-19)14-23(17)18(25)6-5-15-9-16-12-21-7-4-8-24(16)22-15;/h9,17,21H,4-8,10-14H2,1-3H3;1H/t17-,20-;/m1./s1. The van der Waals surface area contributed by atoms with Gasteiger partial charge in [0.15, 0.2) is 0 Å². The highest BCUT2D eigenvalue weighted by Gasteiger charge is 2.50. The fourth-order valence-electron chi connectivity index (χ4n) is 5.67. The molecule has 3 heterocycles. The summed E-state index contributed by atoms with van der Waals surface area (Å²) in [4.78, 5) is 15.1. The van der Waals surface area contributed by atoms with Crippen molar-refractivity contribution in [3.8, 4) is 0 Å². The number of aryl methyl sites for hydroxylation is 2. The number of carbonyl (C=O) groups excluding carboxylic acids is 1. The summed E-state index contributed by atoms with van der Waals surface area (Å²) in [5.41, 5.74) is 3.01. The Hall–Kier alpha value is -1.07. The molecule has 1 aromatic heterocycles. The molecule has 2 aliphatic heterocycles. The predicted octanol–water partition coefficient (Wildman–Crippen LogP) is 3.16. The summed E-state index contributed by atoms with van der Waals surface area (Å²) in [5, 5.41) is 8.15. The van der Waals surface area contributed by atoms with E-state index in [2.05, 4.69) is 41.7 Å². The van der Waals surface area contributed by atoms with Gasteiger partial charge in [0.1, 0.15) is 0 Å². The second-order valence-corrected chi connectivity index (χ2v) is 9.62. The van der Waals surface area contributed by atoms with Crippen molar-refractivity contribution < 1.29 is 4.79 Å². The summed E-state index contributed by atoms with van der Waals surface area (Å²) >= 11 is 0. The minimum atomic E-state index is 0. The molecule has 5 nitrogen and oxygen atoms in total. The van der Waals surface area contributed by atoms with E-state index in [-0.39, 0.29) is 12.4 Å². The summed E-state index contributed by atoms with van der Waals surface area (Å²) in [6.45, 7) is 11.0. The van der Waals surface area contributed by atoms with E-state index in [1.807, 2.05) is 0 Å². The lowest BCUT2D eigenvalue weighted by Crippen LogP contribution is -2.37. The van der Waals surface area contributed by atoms with Crippen molar-refractivity contribution in [2.24, 2.45) is 10.8 Å². The van der Waals surface area contributed by atoms with Crippen molar-refractivity contribution in [1.82, 2.24) is 20.0 Å². The third-order valence-electron chi connectivity index (χ3n) is 6.27. The van der Waals surface area contributed by atoms with Gasteiger partial charge in [-0.05, 0) is 49.1 Å². The fraction of sp³-hybridized carbons (Fsp3) is 0.800. The Bertz CT molecular complexity index is 647. The Morgan fingerprint density at radius 2 is 2.15 bits per heavy atom. The number of hydrogen-bond acceptors (Lipinski definition) is 3. The number of nitrogens with zero attached hydrogens (tertiary/aromatic N) is 3. The van der Waals surface area contributed by atoms with Crippen molar-refractivity contribution in [2.75, 3.05) is 13.1 Å². The van der Waals surface area contributed by atoms with Gasteiger partial charge in [-0.3, -0.25) is 9.48 Å². The lowest BCUT2D eigenvalue weighted by atomic mass is 9.65. The van der Waals surface area contributed by atoms with E-state index in [1.54, 1.807) is 0 Å². The predicted molar refractivity (Wildman–Crippen MR) is 105 cm³/mol. The van der Waals surface area contributed by atoms with Crippen LogP contribution in [0.15, 0.2) is 6.07 Å². The summed E-state index contributed by atoms with van der Waals surface area (Å²) < 4.78 is 2.12. The van der Waals surface area contributed by atoms with Crippen LogP contribution >= 0.6 is 12.4 Å².